The number of urea groups is 1. The fourth-order valence-corrected chi connectivity index (χ4v) is 4.64. The van der Waals surface area contributed by atoms with E-state index in [9.17, 15) is 14.4 Å². The summed E-state index contributed by atoms with van der Waals surface area (Å²) in [6.07, 6.45) is 5.13. The quantitative estimate of drug-likeness (QED) is 0.516. The fraction of sp³-hybridized carbons (Fsp3) is 0.542. The number of hydrogen-bond donors (Lipinski definition) is 4. The van der Waals surface area contributed by atoms with E-state index in [1.54, 1.807) is 11.0 Å². The molecule has 1 aliphatic carbocycles. The number of nitrogens with zero attached hydrogens (tertiary/aromatic N) is 1. The number of hydroxylamine groups is 1. The van der Waals surface area contributed by atoms with Crippen LogP contribution in [0.3, 0.4) is 0 Å². The van der Waals surface area contributed by atoms with Crippen LogP contribution in [0.2, 0.25) is 0 Å². The van der Waals surface area contributed by atoms with E-state index in [1.165, 1.54) is 0 Å². The van der Waals surface area contributed by atoms with Gasteiger partial charge < -0.3 is 20.1 Å². The molecule has 3 amide bonds. The SMILES string of the molecule is CC1(C)C=C(NC(=O)Nc2ccc3c(c2)CCN(C(=O)OC2CCC(CC(=O)O)CC2)C3)NO1. The first kappa shape index (κ1) is 23.9. The van der Waals surface area contributed by atoms with Crippen molar-refractivity contribution < 1.29 is 29.1 Å². The summed E-state index contributed by atoms with van der Waals surface area (Å²) >= 11 is 0. The number of nitrogens with one attached hydrogen (secondary N) is 3. The lowest BCUT2D eigenvalue weighted by molar-refractivity contribution is -0.138. The van der Waals surface area contributed by atoms with Crippen molar-refractivity contribution in [2.45, 2.75) is 70.6 Å². The van der Waals surface area contributed by atoms with Crippen LogP contribution < -0.4 is 16.1 Å². The molecule has 0 unspecified atom stereocenters. The van der Waals surface area contributed by atoms with Gasteiger partial charge in [-0.2, -0.15) is 0 Å². The van der Waals surface area contributed by atoms with Crippen molar-refractivity contribution in [2.24, 2.45) is 5.92 Å². The largest absolute Gasteiger partial charge is 0.481 e. The number of hydrogen-bond acceptors (Lipinski definition) is 6. The minimum Gasteiger partial charge on any atom is -0.481 e. The van der Waals surface area contributed by atoms with Gasteiger partial charge in [0.05, 0.1) is 0 Å². The third-order valence-electron chi connectivity index (χ3n) is 6.42. The molecule has 4 rings (SSSR count). The summed E-state index contributed by atoms with van der Waals surface area (Å²) in [5, 5.41) is 14.5. The molecule has 3 aliphatic rings. The highest BCUT2D eigenvalue weighted by atomic mass is 16.7. The van der Waals surface area contributed by atoms with Crippen LogP contribution in [0.15, 0.2) is 30.1 Å². The molecule has 2 aliphatic heterocycles. The number of aliphatic carboxylic acids is 1. The number of carbonyl (C=O) groups is 3. The van der Waals surface area contributed by atoms with Crippen LogP contribution in [0.1, 0.15) is 57.1 Å². The summed E-state index contributed by atoms with van der Waals surface area (Å²) in [5.41, 5.74) is 4.97. The van der Waals surface area contributed by atoms with Crippen LogP contribution in [0.25, 0.3) is 0 Å². The van der Waals surface area contributed by atoms with E-state index in [0.717, 1.165) is 24.0 Å². The Hall–Kier alpha value is -3.27. The Morgan fingerprint density at radius 3 is 2.62 bits per heavy atom. The summed E-state index contributed by atoms with van der Waals surface area (Å²) in [4.78, 5) is 42.9. The molecule has 0 bridgehead atoms. The maximum atomic E-state index is 12.7. The smallest absolute Gasteiger partial charge is 0.410 e. The van der Waals surface area contributed by atoms with E-state index in [-0.39, 0.29) is 30.6 Å². The van der Waals surface area contributed by atoms with Crippen LogP contribution >= 0.6 is 0 Å². The second kappa shape index (κ2) is 9.92. The lowest BCUT2D eigenvalue weighted by Gasteiger charge is -2.32. The zero-order valence-electron chi connectivity index (χ0n) is 19.6. The normalized spacial score (nSPS) is 23.2. The maximum absolute atomic E-state index is 12.7. The van der Waals surface area contributed by atoms with E-state index in [1.807, 2.05) is 32.0 Å². The Labute approximate surface area is 198 Å². The second-order valence-electron chi connectivity index (χ2n) is 9.72. The van der Waals surface area contributed by atoms with Crippen molar-refractivity contribution in [3.05, 3.63) is 41.2 Å². The first-order valence-electron chi connectivity index (χ1n) is 11.7. The second-order valence-corrected chi connectivity index (χ2v) is 9.72. The van der Waals surface area contributed by atoms with Gasteiger partial charge in [0.1, 0.15) is 17.5 Å². The molecule has 1 aromatic rings. The Kier molecular flexibility index (Phi) is 6.97. The monoisotopic (exact) mass is 472 g/mol. The van der Waals surface area contributed by atoms with Gasteiger partial charge in [-0.3, -0.25) is 20.4 Å². The van der Waals surface area contributed by atoms with Gasteiger partial charge >= 0.3 is 18.1 Å². The Morgan fingerprint density at radius 2 is 1.94 bits per heavy atom. The minimum atomic E-state index is -0.770. The van der Waals surface area contributed by atoms with Crippen molar-refractivity contribution in [2.75, 3.05) is 11.9 Å². The van der Waals surface area contributed by atoms with E-state index in [2.05, 4.69) is 16.1 Å². The Balaban J connectivity index is 1.26. The van der Waals surface area contributed by atoms with Gasteiger partial charge in [-0.1, -0.05) is 6.07 Å². The molecule has 0 spiro atoms. The third-order valence-corrected chi connectivity index (χ3v) is 6.42. The molecular weight excluding hydrogens is 440 g/mol. The number of fused-ring (bicyclic) bond motifs is 1. The van der Waals surface area contributed by atoms with Crippen molar-refractivity contribution in [3.63, 3.8) is 0 Å². The zero-order valence-corrected chi connectivity index (χ0v) is 19.6. The molecule has 1 fully saturated rings. The van der Waals surface area contributed by atoms with Crippen molar-refractivity contribution >= 4 is 23.8 Å². The number of carboxylic acid groups (broad SMARTS) is 1. The summed E-state index contributed by atoms with van der Waals surface area (Å²) in [5.74, 6) is -0.108. The number of ether oxygens (including phenoxy) is 1. The Morgan fingerprint density at radius 1 is 1.18 bits per heavy atom. The molecule has 34 heavy (non-hydrogen) atoms. The van der Waals surface area contributed by atoms with Gasteiger partial charge in [0, 0.05) is 25.2 Å². The van der Waals surface area contributed by atoms with Crippen LogP contribution in [-0.2, 0) is 27.3 Å². The van der Waals surface area contributed by atoms with Crippen LogP contribution in [0.4, 0.5) is 15.3 Å². The van der Waals surface area contributed by atoms with Crippen molar-refractivity contribution in [1.29, 1.82) is 0 Å². The highest BCUT2D eigenvalue weighted by Crippen LogP contribution is 2.30. The van der Waals surface area contributed by atoms with Crippen LogP contribution in [0.5, 0.6) is 0 Å². The van der Waals surface area contributed by atoms with Gasteiger partial charge in [-0.25, -0.2) is 9.59 Å². The average molecular weight is 473 g/mol. The molecule has 10 heteroatoms. The Bertz CT molecular complexity index is 984. The molecule has 0 aromatic heterocycles. The summed E-state index contributed by atoms with van der Waals surface area (Å²) in [6.45, 7) is 4.75. The zero-order chi connectivity index (χ0) is 24.3. The molecule has 1 aromatic carbocycles. The molecule has 4 N–H and O–H groups in total. The fourth-order valence-electron chi connectivity index (χ4n) is 4.64. The summed E-state index contributed by atoms with van der Waals surface area (Å²) < 4.78 is 5.71. The van der Waals surface area contributed by atoms with Gasteiger partial charge in [-0.15, -0.1) is 0 Å². The molecule has 10 nitrogen and oxygen atoms in total. The predicted octanol–water partition coefficient (Wildman–Crippen LogP) is 3.49. The lowest BCUT2D eigenvalue weighted by atomic mass is 9.85. The third kappa shape index (κ3) is 6.19. The number of benzene rings is 1. The van der Waals surface area contributed by atoms with Crippen molar-refractivity contribution in [3.8, 4) is 0 Å². The summed E-state index contributed by atoms with van der Waals surface area (Å²) in [6, 6.07) is 5.28. The maximum Gasteiger partial charge on any atom is 0.410 e. The molecule has 2 heterocycles. The van der Waals surface area contributed by atoms with Gasteiger partial charge in [0.15, 0.2) is 0 Å². The highest BCUT2D eigenvalue weighted by Gasteiger charge is 2.29. The number of rotatable bonds is 5. The van der Waals surface area contributed by atoms with Crippen LogP contribution in [0, 0.1) is 5.92 Å². The summed E-state index contributed by atoms with van der Waals surface area (Å²) in [7, 11) is 0. The molecule has 0 radical (unpaired) electrons. The number of amides is 3. The van der Waals surface area contributed by atoms with Gasteiger partial charge in [0.25, 0.3) is 0 Å². The molecule has 0 saturated heterocycles. The first-order chi connectivity index (χ1) is 16.2. The first-order valence-corrected chi connectivity index (χ1v) is 11.7. The lowest BCUT2D eigenvalue weighted by Crippen LogP contribution is -2.39. The molecular formula is C24H32N4O6. The van der Waals surface area contributed by atoms with E-state index in [0.29, 0.717) is 43.9 Å². The molecule has 0 atom stereocenters. The van der Waals surface area contributed by atoms with Crippen molar-refractivity contribution in [1.82, 2.24) is 15.7 Å². The molecule has 184 valence electrons. The van der Waals surface area contributed by atoms with E-state index < -0.39 is 11.6 Å². The average Bonchev–Trinajstić information content (AvgIpc) is 3.12. The minimum absolute atomic E-state index is 0.149. The van der Waals surface area contributed by atoms with E-state index >= 15 is 0 Å². The van der Waals surface area contributed by atoms with Crippen LogP contribution in [-0.4, -0.2) is 46.3 Å². The topological polar surface area (TPSA) is 129 Å². The van der Waals surface area contributed by atoms with E-state index in [4.69, 9.17) is 14.7 Å². The van der Waals surface area contributed by atoms with Gasteiger partial charge in [0.2, 0.25) is 0 Å². The highest BCUT2D eigenvalue weighted by molar-refractivity contribution is 5.90. The number of anilines is 1. The standard InChI is InChI=1S/C24H32N4O6/c1-24(2)13-20(27-34-24)26-22(31)25-18-6-5-17-14-28(10-9-16(17)12-18)23(32)33-19-7-3-15(4-8-19)11-21(29)30/h5-6,12-13,15,19,27H,3-4,7-11,14H2,1-2H3,(H,29,30)(H2,25,26,31). The number of carbonyl (C=O) groups excluding carboxylic acids is 2. The number of carboxylic acids is 1. The predicted molar refractivity (Wildman–Crippen MR) is 124 cm³/mol. The van der Waals surface area contributed by atoms with Gasteiger partial charge in [-0.05, 0) is 81.2 Å². The molecule has 1 saturated carbocycles.